The Labute approximate surface area is 44.7 Å². The summed E-state index contributed by atoms with van der Waals surface area (Å²) in [5, 5.41) is 0. The van der Waals surface area contributed by atoms with Crippen LogP contribution < -0.4 is 0 Å². The van der Waals surface area contributed by atoms with Crippen LogP contribution in [-0.4, -0.2) is 13.2 Å². The second kappa shape index (κ2) is 2.31. The summed E-state index contributed by atoms with van der Waals surface area (Å²) in [6, 6.07) is 0. The zero-order valence-electron chi connectivity index (χ0n) is 4.68. The van der Waals surface area contributed by atoms with E-state index in [9.17, 15) is 0 Å². The fraction of sp³-hybridized carbons (Fsp3) is 0.833. The van der Waals surface area contributed by atoms with Crippen LogP contribution >= 0.6 is 0 Å². The van der Waals surface area contributed by atoms with Gasteiger partial charge >= 0.3 is 0 Å². The molecule has 1 saturated heterocycles. The highest BCUT2D eigenvalue weighted by atomic mass is 16.5. The van der Waals surface area contributed by atoms with Crippen molar-refractivity contribution >= 4 is 0 Å². The lowest BCUT2D eigenvalue weighted by atomic mass is 10.0. The Kier molecular flexibility index (Phi) is 1.69. The van der Waals surface area contributed by atoms with E-state index in [-0.39, 0.29) is 0 Å². The van der Waals surface area contributed by atoms with Gasteiger partial charge in [-0.2, -0.15) is 0 Å². The molecule has 0 atom stereocenters. The molecule has 1 heterocycles. The van der Waals surface area contributed by atoms with E-state index in [0.29, 0.717) is 0 Å². The van der Waals surface area contributed by atoms with Crippen LogP contribution in [-0.2, 0) is 4.74 Å². The fourth-order valence-electron chi connectivity index (χ4n) is 0.754. The molecule has 0 spiro atoms. The minimum absolute atomic E-state index is 0.852. The first kappa shape index (κ1) is 5.10. The van der Waals surface area contributed by atoms with E-state index < -0.39 is 0 Å². The van der Waals surface area contributed by atoms with Crippen LogP contribution in [0.3, 0.4) is 0 Å². The van der Waals surface area contributed by atoms with E-state index in [4.69, 9.17) is 4.74 Å². The van der Waals surface area contributed by atoms with Gasteiger partial charge in [-0.1, -0.05) is 6.92 Å². The molecule has 1 nitrogen and oxygen atoms in total. The lowest BCUT2D eigenvalue weighted by Crippen LogP contribution is -2.26. The van der Waals surface area contributed by atoms with Crippen LogP contribution in [0.1, 0.15) is 13.3 Å². The maximum atomic E-state index is 4.97. The smallest absolute Gasteiger partial charge is 0.0516 e. The molecule has 0 bridgehead atoms. The first-order valence-electron chi connectivity index (χ1n) is 2.79. The van der Waals surface area contributed by atoms with Crippen LogP contribution in [0.5, 0.6) is 0 Å². The van der Waals surface area contributed by atoms with Crippen LogP contribution in [0.25, 0.3) is 0 Å². The van der Waals surface area contributed by atoms with Crippen molar-refractivity contribution in [3.05, 3.63) is 6.42 Å². The molecule has 1 rings (SSSR count). The number of hydrogen-bond acceptors (Lipinski definition) is 1. The predicted octanol–water partition coefficient (Wildman–Crippen LogP) is 1.25. The van der Waals surface area contributed by atoms with Crippen LogP contribution in [0, 0.1) is 12.3 Å². The summed E-state index contributed by atoms with van der Waals surface area (Å²) in [4.78, 5) is 0. The molecular weight excluding hydrogens is 88.1 g/mol. The summed E-state index contributed by atoms with van der Waals surface area (Å²) in [7, 11) is 0. The Balaban J connectivity index is 1.93. The maximum Gasteiger partial charge on any atom is 0.0516 e. The summed E-state index contributed by atoms with van der Waals surface area (Å²) < 4.78 is 4.97. The van der Waals surface area contributed by atoms with E-state index in [1.165, 1.54) is 6.42 Å². The Morgan fingerprint density at radius 1 is 1.71 bits per heavy atom. The molecule has 1 fully saturated rings. The van der Waals surface area contributed by atoms with Gasteiger partial charge in [0.1, 0.15) is 0 Å². The molecule has 0 saturated carbocycles. The normalized spacial score (nSPS) is 21.9. The molecule has 0 aromatic carbocycles. The minimum Gasteiger partial charge on any atom is -0.381 e. The van der Waals surface area contributed by atoms with Crippen molar-refractivity contribution < 1.29 is 4.74 Å². The third-order valence-corrected chi connectivity index (χ3v) is 1.28. The van der Waals surface area contributed by atoms with Gasteiger partial charge in [0.15, 0.2) is 0 Å². The molecule has 1 heteroatoms. The quantitative estimate of drug-likeness (QED) is 0.506. The van der Waals surface area contributed by atoms with Crippen molar-refractivity contribution in [3.8, 4) is 0 Å². The molecule has 41 valence electrons. The van der Waals surface area contributed by atoms with Gasteiger partial charge in [-0.3, -0.25) is 0 Å². The van der Waals surface area contributed by atoms with E-state index in [1.54, 1.807) is 0 Å². The molecule has 1 aliphatic heterocycles. The van der Waals surface area contributed by atoms with Gasteiger partial charge in [-0.25, -0.2) is 0 Å². The van der Waals surface area contributed by atoms with E-state index in [0.717, 1.165) is 19.1 Å². The van der Waals surface area contributed by atoms with E-state index in [2.05, 4.69) is 13.3 Å². The Bertz CT molecular complexity index is 48.1. The largest absolute Gasteiger partial charge is 0.381 e. The fourth-order valence-corrected chi connectivity index (χ4v) is 0.754. The minimum atomic E-state index is 0.852. The monoisotopic (exact) mass is 99.1 g/mol. The van der Waals surface area contributed by atoms with Crippen molar-refractivity contribution in [2.24, 2.45) is 5.92 Å². The Morgan fingerprint density at radius 3 is 2.57 bits per heavy atom. The van der Waals surface area contributed by atoms with Gasteiger partial charge < -0.3 is 4.74 Å². The maximum absolute atomic E-state index is 4.97. The summed E-state index contributed by atoms with van der Waals surface area (Å²) in [6.45, 7) is 4.08. The standard InChI is InChI=1S/C6H11O/c1-2-3-6-4-7-5-6/h2,6H,3-5H2,1H3. The van der Waals surface area contributed by atoms with Crippen molar-refractivity contribution in [1.29, 1.82) is 0 Å². The second-order valence-corrected chi connectivity index (χ2v) is 2.05. The van der Waals surface area contributed by atoms with Crippen LogP contribution in [0.2, 0.25) is 0 Å². The highest BCUT2D eigenvalue weighted by molar-refractivity contribution is 4.70. The van der Waals surface area contributed by atoms with Gasteiger partial charge in [0.2, 0.25) is 0 Å². The summed E-state index contributed by atoms with van der Waals surface area (Å²) in [6.07, 6.45) is 3.44. The first-order valence-corrected chi connectivity index (χ1v) is 2.79. The second-order valence-electron chi connectivity index (χ2n) is 2.05. The summed E-state index contributed by atoms with van der Waals surface area (Å²) in [5.41, 5.74) is 0. The number of ether oxygens (including phenoxy) is 1. The summed E-state index contributed by atoms with van der Waals surface area (Å²) >= 11 is 0. The van der Waals surface area contributed by atoms with Gasteiger partial charge in [0.25, 0.3) is 0 Å². The SMILES string of the molecule is C[CH]CC1COC1. The van der Waals surface area contributed by atoms with E-state index in [1.807, 2.05) is 0 Å². The average molecular weight is 99.2 g/mol. The van der Waals surface area contributed by atoms with Crippen LogP contribution in [0.15, 0.2) is 0 Å². The molecule has 0 amide bonds. The van der Waals surface area contributed by atoms with Gasteiger partial charge in [-0.15, -0.1) is 0 Å². The third-order valence-electron chi connectivity index (χ3n) is 1.28. The van der Waals surface area contributed by atoms with Crippen molar-refractivity contribution in [2.75, 3.05) is 13.2 Å². The van der Waals surface area contributed by atoms with Crippen molar-refractivity contribution in [1.82, 2.24) is 0 Å². The van der Waals surface area contributed by atoms with Gasteiger partial charge in [0, 0.05) is 5.92 Å². The molecule has 0 aromatic heterocycles. The lowest BCUT2D eigenvalue weighted by Gasteiger charge is -2.24. The number of rotatable bonds is 2. The Hall–Kier alpha value is -0.0400. The highest BCUT2D eigenvalue weighted by Crippen LogP contribution is 2.14. The molecular formula is C6H11O. The van der Waals surface area contributed by atoms with Gasteiger partial charge in [-0.05, 0) is 12.8 Å². The molecule has 0 N–H and O–H groups in total. The molecule has 0 aromatic rings. The topological polar surface area (TPSA) is 9.23 Å². The van der Waals surface area contributed by atoms with E-state index >= 15 is 0 Å². The summed E-state index contributed by atoms with van der Waals surface area (Å²) in [5.74, 6) is 0.852. The van der Waals surface area contributed by atoms with Crippen molar-refractivity contribution in [3.63, 3.8) is 0 Å². The van der Waals surface area contributed by atoms with Gasteiger partial charge in [0.05, 0.1) is 13.2 Å². The molecule has 1 radical (unpaired) electrons. The zero-order chi connectivity index (χ0) is 5.11. The Morgan fingerprint density at radius 2 is 2.43 bits per heavy atom. The molecule has 7 heavy (non-hydrogen) atoms. The zero-order valence-corrected chi connectivity index (χ0v) is 4.68. The first-order chi connectivity index (χ1) is 3.43. The third kappa shape index (κ3) is 1.16. The van der Waals surface area contributed by atoms with Crippen molar-refractivity contribution in [2.45, 2.75) is 13.3 Å². The molecule has 1 aliphatic rings. The predicted molar refractivity (Wildman–Crippen MR) is 28.9 cm³/mol. The number of hydrogen-bond donors (Lipinski definition) is 0. The van der Waals surface area contributed by atoms with Crippen LogP contribution in [0.4, 0.5) is 0 Å². The average Bonchev–Trinajstić information content (AvgIpc) is 1.55. The lowest BCUT2D eigenvalue weighted by molar-refractivity contribution is -0.0316. The highest BCUT2D eigenvalue weighted by Gasteiger charge is 2.15. The molecule has 0 unspecified atom stereocenters. The molecule has 0 aliphatic carbocycles.